The molecular formula is C25H25N3O3S. The van der Waals surface area contributed by atoms with Crippen LogP contribution in [-0.2, 0) is 20.1 Å². The van der Waals surface area contributed by atoms with E-state index in [4.69, 9.17) is 14.5 Å². The first-order chi connectivity index (χ1) is 15.6. The lowest BCUT2D eigenvalue weighted by atomic mass is 10.1. The molecule has 32 heavy (non-hydrogen) atoms. The molecule has 1 fully saturated rings. The summed E-state index contributed by atoms with van der Waals surface area (Å²) in [4.78, 5) is 4.71. The van der Waals surface area contributed by atoms with Crippen LogP contribution in [0.15, 0.2) is 66.7 Å². The average Bonchev–Trinajstić information content (AvgIpc) is 3.41. The number of ether oxygens (including phenoxy) is 2. The summed E-state index contributed by atoms with van der Waals surface area (Å²) in [6.07, 6.45) is 1.08. The van der Waals surface area contributed by atoms with Gasteiger partial charge in [-0.25, -0.2) is 4.98 Å². The number of nitrogens with one attached hydrogen (secondary N) is 1. The third-order valence-corrected chi connectivity index (χ3v) is 6.72. The van der Waals surface area contributed by atoms with E-state index in [9.17, 15) is 5.11 Å². The van der Waals surface area contributed by atoms with Crippen LogP contribution in [-0.4, -0.2) is 32.3 Å². The van der Waals surface area contributed by atoms with Gasteiger partial charge in [-0.05, 0) is 48.4 Å². The first-order valence-corrected chi connectivity index (χ1v) is 11.7. The van der Waals surface area contributed by atoms with E-state index in [0.717, 1.165) is 41.4 Å². The first kappa shape index (κ1) is 20.7. The van der Waals surface area contributed by atoms with Crippen molar-refractivity contribution in [1.29, 1.82) is 0 Å². The summed E-state index contributed by atoms with van der Waals surface area (Å²) in [7, 11) is 1.97. The van der Waals surface area contributed by atoms with Crippen molar-refractivity contribution in [3.63, 3.8) is 0 Å². The highest BCUT2D eigenvalue weighted by Crippen LogP contribution is 2.28. The average molecular weight is 448 g/mol. The quantitative estimate of drug-likeness (QED) is 0.422. The van der Waals surface area contributed by atoms with Gasteiger partial charge in [0.1, 0.15) is 35.4 Å². The van der Waals surface area contributed by atoms with E-state index in [1.54, 1.807) is 24.3 Å². The molecular weight excluding hydrogens is 422 g/mol. The van der Waals surface area contributed by atoms with Crippen molar-refractivity contribution < 1.29 is 14.6 Å². The minimum atomic E-state index is 0.172. The highest BCUT2D eigenvalue weighted by molar-refractivity contribution is 8.00. The Bertz CT molecular complexity index is 1220. The Morgan fingerprint density at radius 2 is 1.88 bits per heavy atom. The minimum absolute atomic E-state index is 0.172. The molecule has 1 aliphatic rings. The summed E-state index contributed by atoms with van der Waals surface area (Å²) in [6, 6.07) is 20.9. The van der Waals surface area contributed by atoms with Gasteiger partial charge in [0.05, 0.1) is 11.0 Å². The van der Waals surface area contributed by atoms with Crippen LogP contribution in [0.25, 0.3) is 11.0 Å². The molecule has 0 aliphatic carbocycles. The van der Waals surface area contributed by atoms with Gasteiger partial charge < -0.3 is 24.5 Å². The molecule has 0 saturated carbocycles. The predicted molar refractivity (Wildman–Crippen MR) is 128 cm³/mol. The van der Waals surface area contributed by atoms with Gasteiger partial charge in [-0.2, -0.15) is 0 Å². The van der Waals surface area contributed by atoms with Crippen molar-refractivity contribution in [3.05, 3.63) is 78.1 Å². The molecule has 2 heterocycles. The summed E-state index contributed by atoms with van der Waals surface area (Å²) in [5.41, 5.74) is 3.17. The van der Waals surface area contributed by atoms with E-state index in [1.807, 2.05) is 53.7 Å². The Hall–Kier alpha value is -3.16. The number of aromatic hydroxyl groups is 1. The largest absolute Gasteiger partial charge is 0.508 e. The number of hydrogen-bond acceptors (Lipinski definition) is 6. The third-order valence-electron chi connectivity index (χ3n) is 5.55. The topological polar surface area (TPSA) is 68.5 Å². The van der Waals surface area contributed by atoms with Crippen molar-refractivity contribution in [2.75, 3.05) is 12.4 Å². The second-order valence-corrected chi connectivity index (χ2v) is 9.15. The molecule has 3 aromatic carbocycles. The van der Waals surface area contributed by atoms with Gasteiger partial charge in [0.2, 0.25) is 0 Å². The molecule has 4 aromatic rings. The van der Waals surface area contributed by atoms with Gasteiger partial charge in [-0.3, -0.25) is 0 Å². The summed E-state index contributed by atoms with van der Waals surface area (Å²) in [5, 5.41) is 13.7. The van der Waals surface area contributed by atoms with Crippen molar-refractivity contribution >= 4 is 22.8 Å². The summed E-state index contributed by atoms with van der Waals surface area (Å²) < 4.78 is 13.9. The fourth-order valence-corrected chi connectivity index (χ4v) is 4.83. The molecule has 0 amide bonds. The Morgan fingerprint density at radius 1 is 1.06 bits per heavy atom. The number of benzene rings is 3. The summed E-state index contributed by atoms with van der Waals surface area (Å²) >= 11 is 1.98. The van der Waals surface area contributed by atoms with Crippen molar-refractivity contribution in [2.45, 2.75) is 18.3 Å². The zero-order valence-corrected chi connectivity index (χ0v) is 18.6. The maximum absolute atomic E-state index is 9.63. The fourth-order valence-electron chi connectivity index (χ4n) is 3.81. The van der Waals surface area contributed by atoms with Crippen LogP contribution in [0.3, 0.4) is 0 Å². The lowest BCUT2D eigenvalue weighted by Crippen LogP contribution is -2.14. The van der Waals surface area contributed by atoms with Crippen LogP contribution in [0.1, 0.15) is 11.4 Å². The number of aryl methyl sites for hydroxylation is 1. The number of phenolic OH excluding ortho intramolecular Hbond substituents is 1. The van der Waals surface area contributed by atoms with Gasteiger partial charge in [-0.15, -0.1) is 11.8 Å². The van der Waals surface area contributed by atoms with Crippen LogP contribution in [0.2, 0.25) is 0 Å². The molecule has 0 bridgehead atoms. The molecule has 0 radical (unpaired) electrons. The zero-order chi connectivity index (χ0) is 21.9. The smallest absolute Gasteiger partial charge is 0.147 e. The zero-order valence-electron chi connectivity index (χ0n) is 17.8. The first-order valence-electron chi connectivity index (χ1n) is 10.6. The van der Waals surface area contributed by atoms with Crippen LogP contribution < -0.4 is 14.8 Å². The number of fused-ring (bicyclic) bond motifs is 1. The van der Waals surface area contributed by atoms with Gasteiger partial charge in [-0.1, -0.05) is 18.2 Å². The van der Waals surface area contributed by atoms with Gasteiger partial charge in [0.25, 0.3) is 0 Å². The molecule has 1 aliphatic heterocycles. The normalized spacial score (nSPS) is 15.8. The number of thioether (sulfide) groups is 1. The lowest BCUT2D eigenvalue weighted by molar-refractivity contribution is 0.292. The van der Waals surface area contributed by atoms with Crippen molar-refractivity contribution in [1.82, 2.24) is 14.9 Å². The highest BCUT2D eigenvalue weighted by Gasteiger charge is 2.15. The Labute approximate surface area is 191 Å². The molecule has 2 N–H and O–H groups in total. The molecule has 1 saturated heterocycles. The van der Waals surface area contributed by atoms with E-state index < -0.39 is 0 Å². The maximum Gasteiger partial charge on any atom is 0.147 e. The second-order valence-electron chi connectivity index (χ2n) is 7.86. The number of hydrogen-bond donors (Lipinski definition) is 2. The standard InChI is InChI=1S/C25H25N3O3S/c1-28-24-13-21(31-20-4-2-3-18(29)12-20)9-10-23(24)27-25(28)15-30-19-7-5-17(6-8-19)11-22-14-26-16-32-22/h2-10,12-13,22,26,29H,11,14-16H2,1H3. The molecule has 1 unspecified atom stereocenters. The lowest BCUT2D eigenvalue weighted by Gasteiger charge is -2.10. The second kappa shape index (κ2) is 9.14. The van der Waals surface area contributed by atoms with Crippen LogP contribution >= 0.6 is 11.8 Å². The molecule has 164 valence electrons. The molecule has 6 nitrogen and oxygen atoms in total. The van der Waals surface area contributed by atoms with E-state index in [2.05, 4.69) is 17.4 Å². The number of imidazole rings is 1. The van der Waals surface area contributed by atoms with Gasteiger partial charge in [0, 0.05) is 36.9 Å². The Morgan fingerprint density at radius 3 is 2.66 bits per heavy atom. The van der Waals surface area contributed by atoms with Gasteiger partial charge >= 0.3 is 0 Å². The molecule has 0 spiro atoms. The number of rotatable bonds is 7. The molecule has 5 rings (SSSR count). The monoisotopic (exact) mass is 447 g/mol. The van der Waals surface area contributed by atoms with Crippen LogP contribution in [0.5, 0.6) is 23.0 Å². The number of aromatic nitrogens is 2. The molecule has 7 heteroatoms. The Kier molecular flexibility index (Phi) is 5.92. The van der Waals surface area contributed by atoms with Crippen molar-refractivity contribution in [2.24, 2.45) is 7.05 Å². The van der Waals surface area contributed by atoms with E-state index in [1.165, 1.54) is 5.56 Å². The number of nitrogens with zero attached hydrogens (tertiary/aromatic N) is 2. The minimum Gasteiger partial charge on any atom is -0.508 e. The molecule has 1 aromatic heterocycles. The summed E-state index contributed by atoms with van der Waals surface area (Å²) in [5.74, 6) is 4.17. The number of phenols is 1. The SMILES string of the molecule is Cn1c(COc2ccc(CC3CNCS3)cc2)nc2ccc(Oc3cccc(O)c3)cc21. The van der Waals surface area contributed by atoms with Gasteiger partial charge in [0.15, 0.2) is 0 Å². The van der Waals surface area contributed by atoms with Crippen LogP contribution in [0.4, 0.5) is 0 Å². The Balaban J connectivity index is 1.25. The predicted octanol–water partition coefficient (Wildman–Crippen LogP) is 4.86. The molecule has 1 atom stereocenters. The third kappa shape index (κ3) is 4.69. The van der Waals surface area contributed by atoms with Crippen LogP contribution in [0, 0.1) is 0 Å². The van der Waals surface area contributed by atoms with E-state index in [-0.39, 0.29) is 5.75 Å². The van der Waals surface area contributed by atoms with E-state index >= 15 is 0 Å². The maximum atomic E-state index is 9.63. The van der Waals surface area contributed by atoms with Crippen molar-refractivity contribution in [3.8, 4) is 23.0 Å². The van der Waals surface area contributed by atoms with E-state index in [0.29, 0.717) is 23.4 Å². The summed E-state index contributed by atoms with van der Waals surface area (Å²) in [6.45, 7) is 1.46. The highest BCUT2D eigenvalue weighted by atomic mass is 32.2. The fraction of sp³-hybridized carbons (Fsp3) is 0.240.